The molecule has 1 fully saturated rings. The van der Waals surface area contributed by atoms with E-state index in [1.807, 2.05) is 0 Å². The van der Waals surface area contributed by atoms with E-state index in [1.54, 1.807) is 134 Å². The van der Waals surface area contributed by atoms with E-state index < -0.39 is 222 Å². The van der Waals surface area contributed by atoms with Gasteiger partial charge in [0, 0.05) is 54.3 Å². The van der Waals surface area contributed by atoms with E-state index in [0.717, 1.165) is 24.6 Å². The maximum Gasteiger partial charge on any atom is 0.327 e. The Hall–Kier alpha value is -12.6. The van der Waals surface area contributed by atoms with E-state index in [-0.39, 0.29) is 83.0 Å². The van der Waals surface area contributed by atoms with Gasteiger partial charge < -0.3 is 128 Å². The van der Waals surface area contributed by atoms with Gasteiger partial charge in [0.2, 0.25) is 88.6 Å². The van der Waals surface area contributed by atoms with Gasteiger partial charge in [-0.05, 0) is 125 Å². The third-order valence-electron chi connectivity index (χ3n) is 20.3. The molecule has 5 aromatic carbocycles. The number of nitrogens with one attached hydrogen (secondary N) is 15. The van der Waals surface area contributed by atoms with Crippen molar-refractivity contribution in [2.75, 3.05) is 37.7 Å². The van der Waals surface area contributed by atoms with E-state index in [4.69, 9.17) is 22.9 Å². The van der Waals surface area contributed by atoms with E-state index >= 15 is 14.4 Å². The number of aliphatic carboxylic acids is 1. The molecule has 1 aliphatic rings. The number of unbranched alkanes of at least 4 members (excludes halogenated alkanes) is 2. The van der Waals surface area contributed by atoms with Gasteiger partial charge in [-0.3, -0.25) is 71.9 Å². The van der Waals surface area contributed by atoms with Crippen LogP contribution in [0.2, 0.25) is 0 Å². The third-order valence-corrected chi connectivity index (χ3v) is 22.8. The molecule has 16 atom stereocenters. The number of aromatic amines is 1. The van der Waals surface area contributed by atoms with Gasteiger partial charge >= 0.3 is 5.97 Å². The molecule has 0 aliphatic carbocycles. The van der Waals surface area contributed by atoms with Gasteiger partial charge in [-0.1, -0.05) is 143 Å². The number of benzene rings is 5. The number of aromatic nitrogens is 1. The molecular weight excluding hydrogens is 1690 g/mol. The second kappa shape index (κ2) is 51.8. The van der Waals surface area contributed by atoms with Crippen molar-refractivity contribution in [3.8, 4) is 5.75 Å². The second-order valence-corrected chi connectivity index (χ2v) is 33.1. The Bertz CT molecular complexity index is 4730. The zero-order valence-corrected chi connectivity index (χ0v) is 71.8. The average Bonchev–Trinajstić information content (AvgIpc) is 1.65. The van der Waals surface area contributed by atoms with Gasteiger partial charge in [0.15, 0.2) is 0 Å². The highest BCUT2D eigenvalue weighted by Gasteiger charge is 2.40. The molecule has 0 saturated carbocycles. The Kier molecular flexibility index (Phi) is 41.4. The Morgan fingerprint density at radius 3 is 1.35 bits per heavy atom. The van der Waals surface area contributed by atoms with Crippen molar-refractivity contribution < 1.29 is 102 Å². The molecule has 28 N–H and O–H groups in total. The molecule has 0 bridgehead atoms. The number of carbonyl (C=O) groups excluding carboxylic acids is 15. The van der Waals surface area contributed by atoms with E-state index in [1.165, 1.54) is 19.1 Å². The molecule has 0 radical (unpaired) electrons. The summed E-state index contributed by atoms with van der Waals surface area (Å²) in [7, 11) is 1.41. The van der Waals surface area contributed by atoms with Crippen molar-refractivity contribution in [1.29, 1.82) is 0 Å². The van der Waals surface area contributed by atoms with Gasteiger partial charge in [-0.2, -0.15) is 0 Å². The maximum atomic E-state index is 15.5. The Morgan fingerprint density at radius 2 is 0.874 bits per heavy atom. The first-order chi connectivity index (χ1) is 60.6. The summed E-state index contributed by atoms with van der Waals surface area (Å²) in [5, 5.41) is 88.6. The van der Waals surface area contributed by atoms with Crippen molar-refractivity contribution >= 4 is 127 Å². The lowest BCUT2D eigenvalue weighted by molar-refractivity contribution is -0.142. The molecule has 42 heteroatoms. The smallest absolute Gasteiger partial charge is 0.327 e. The largest absolute Gasteiger partial charge is 0.508 e. The van der Waals surface area contributed by atoms with Crippen molar-refractivity contribution in [2.24, 2.45) is 22.9 Å². The molecule has 0 unspecified atom stereocenters. The van der Waals surface area contributed by atoms with Crippen LogP contribution in [0.25, 0.3) is 10.9 Å². The number of H-pyrrole nitrogens is 1. The highest BCUT2D eigenvalue weighted by molar-refractivity contribution is 8.76. The molecule has 2 heterocycles. The third kappa shape index (κ3) is 33.4. The van der Waals surface area contributed by atoms with Crippen LogP contribution in [0.1, 0.15) is 93.5 Å². The first kappa shape index (κ1) is 102. The molecule has 127 heavy (non-hydrogen) atoms. The number of nitrogens with two attached hydrogens (primary N) is 4. The molecule has 1 aliphatic heterocycles. The predicted molar refractivity (Wildman–Crippen MR) is 469 cm³/mol. The Labute approximate surface area is 739 Å². The van der Waals surface area contributed by atoms with Crippen LogP contribution in [0.15, 0.2) is 146 Å². The number of aromatic hydroxyl groups is 1. The number of para-hydroxylation sites is 1. The lowest BCUT2D eigenvalue weighted by Gasteiger charge is -2.29. The zero-order chi connectivity index (χ0) is 92.8. The summed E-state index contributed by atoms with van der Waals surface area (Å²) in [6.07, 6.45) is -3.80. The number of rotatable bonds is 30. The fraction of sp³-hybridized carbons (Fsp3) is 0.435. The molecular formula is C85H113N19O21S2. The van der Waals surface area contributed by atoms with Gasteiger partial charge in [-0.15, -0.1) is 0 Å². The number of carbonyl (C=O) groups is 16. The minimum absolute atomic E-state index is 0.00424. The van der Waals surface area contributed by atoms with Crippen LogP contribution in [0.3, 0.4) is 0 Å². The first-order valence-electron chi connectivity index (χ1n) is 41.2. The number of phenols is 1. The minimum atomic E-state index is -2.01. The summed E-state index contributed by atoms with van der Waals surface area (Å²) in [6.45, 7) is 1.59. The van der Waals surface area contributed by atoms with Crippen LogP contribution in [-0.4, -0.2) is 260 Å². The lowest BCUT2D eigenvalue weighted by atomic mass is 10.00. The first-order valence-corrected chi connectivity index (χ1v) is 43.7. The Morgan fingerprint density at radius 1 is 0.465 bits per heavy atom. The average molecular weight is 1800 g/mol. The summed E-state index contributed by atoms with van der Waals surface area (Å²) < 4.78 is 0. The summed E-state index contributed by atoms with van der Waals surface area (Å²) in [5.74, 6) is -19.2. The van der Waals surface area contributed by atoms with Gasteiger partial charge in [-0.25, -0.2) is 4.79 Å². The van der Waals surface area contributed by atoms with Crippen LogP contribution in [-0.2, 0) is 109 Å². The standard InChI is InChI=1S/C85H113N19O21S2/c1-46(92-73(112)56(88)35-52-29-31-54(108)32-30-52)72(111)91-42-69(110)93-66-44-126-127-45-67(85(124)125)102-81(120)65(43-105)101-84(123)71(48(3)107)104-80(119)62(38-51-23-11-6-12-24-51)100-83(122)70(47(2)106)103-75(114)59(28-16-18-34-87)94-78(117)63(39-53-41-90-57-26-14-13-25-55(53)57)98-77(116)61(37-50-21-9-5-10-22-50)96-76(115)60(36-49-19-7-4-8-20-49)97-79(118)64(40-68(89)109)99-74(113)58(95-82(66)121)27-15-17-33-86/h4-14,19-26,29-32,41,46-48,56,58-67,70-71,90,105-108H,15-18,27-28,33-40,42-45,86-88H2,1-3H3,(H2,89,109)(H,91,111)(H,92,112)(H,93,110)(H,94,117)(H,95,121)(H,96,115)(H,97,118)(H,98,116)(H,99,113)(H,100,122)(H,101,123)(H,102,120)(H,103,114)(H,104,119)(H,124,125)/t46-,47+,48+,56-,58-,59-,60-,61-,62-,63+,64-,65-,66-,67-,70-,71-/m0/s1. The van der Waals surface area contributed by atoms with Crippen molar-refractivity contribution in [3.05, 3.63) is 174 Å². The van der Waals surface area contributed by atoms with Gasteiger partial charge in [0.1, 0.15) is 84.3 Å². The minimum Gasteiger partial charge on any atom is -0.508 e. The van der Waals surface area contributed by atoms with E-state index in [0.29, 0.717) is 55.9 Å². The van der Waals surface area contributed by atoms with E-state index in [2.05, 4.69) is 79.4 Å². The number of amides is 15. The van der Waals surface area contributed by atoms with Gasteiger partial charge in [0.05, 0.1) is 37.8 Å². The zero-order valence-electron chi connectivity index (χ0n) is 70.2. The topological polar surface area (TPSA) is 663 Å². The summed E-state index contributed by atoms with van der Waals surface area (Å²) >= 11 is 0. The predicted octanol–water partition coefficient (Wildman–Crippen LogP) is -4.48. The van der Waals surface area contributed by atoms with Crippen LogP contribution >= 0.6 is 21.6 Å². The highest BCUT2D eigenvalue weighted by atomic mass is 33.1. The molecule has 0 spiro atoms. The normalized spacial score (nSPS) is 22.8. The lowest BCUT2D eigenvalue weighted by Crippen LogP contribution is -2.63. The number of primary amides is 1. The fourth-order valence-corrected chi connectivity index (χ4v) is 15.6. The number of carboxylic acid groups (broad SMARTS) is 1. The molecule has 1 aromatic heterocycles. The Balaban J connectivity index is 1.29. The highest BCUT2D eigenvalue weighted by Crippen LogP contribution is 2.25. The fourth-order valence-electron chi connectivity index (χ4n) is 13.3. The molecule has 6 aromatic rings. The van der Waals surface area contributed by atoms with Crippen LogP contribution in [0.4, 0.5) is 0 Å². The maximum absolute atomic E-state index is 15.5. The SMILES string of the molecule is C[C@H](NC(=O)[C@@H](N)Cc1ccc(O)cc1)C(=O)NCC(=O)N[C@H]1CSSC[C@@H](C(=O)O)NC(=O)[C@H](CO)NC(=O)[C@H]([C@@H](C)O)NC(=O)[C@H](Cc2ccccc2)NC(=O)[C@H]([C@@H](C)O)NC(=O)[C@H](CCCCN)NC(=O)[C@@H](Cc2c[nH]c3ccccc23)NC(=O)[C@H](Cc2ccccc2)NC(=O)[C@H](Cc2ccccc2)NC(=O)[C@H](CC(N)=O)NC(=O)[C@H](CCCCN)NC1=O. The number of phenolic OH excluding ortho intramolecular Hbond substituents is 1. The number of hydrogen-bond acceptors (Lipinski definition) is 25. The summed E-state index contributed by atoms with van der Waals surface area (Å²) in [4.78, 5) is 233. The number of aliphatic hydroxyl groups excluding tert-OH is 3. The summed E-state index contributed by atoms with van der Waals surface area (Å²) in [6, 6.07) is 13.4. The van der Waals surface area contributed by atoms with Crippen molar-refractivity contribution in [2.45, 2.75) is 195 Å². The molecule has 15 amide bonds. The van der Waals surface area contributed by atoms with Crippen LogP contribution in [0.5, 0.6) is 5.75 Å². The second-order valence-electron chi connectivity index (χ2n) is 30.5. The van der Waals surface area contributed by atoms with Crippen LogP contribution < -0.4 is 97.4 Å². The van der Waals surface area contributed by atoms with Crippen molar-refractivity contribution in [1.82, 2.24) is 79.4 Å². The van der Waals surface area contributed by atoms with Crippen molar-refractivity contribution in [3.63, 3.8) is 0 Å². The number of aliphatic hydroxyl groups is 3. The molecule has 7 rings (SSSR count). The molecule has 40 nitrogen and oxygen atoms in total. The number of fused-ring (bicyclic) bond motifs is 1. The molecule has 1 saturated heterocycles. The van der Waals surface area contributed by atoms with Gasteiger partial charge in [0.25, 0.3) is 0 Å². The molecule has 686 valence electrons. The number of carboxylic acids is 1. The monoisotopic (exact) mass is 1800 g/mol. The summed E-state index contributed by atoms with van der Waals surface area (Å²) in [5.41, 5.74) is 26.7. The van der Waals surface area contributed by atoms with Crippen LogP contribution in [0, 0.1) is 0 Å². The number of hydrogen-bond donors (Lipinski definition) is 24. The quantitative estimate of drug-likeness (QED) is 0.0149. The van der Waals surface area contributed by atoms with E-state index in [9.17, 15) is 87.9 Å².